The van der Waals surface area contributed by atoms with Crippen LogP contribution in [0.2, 0.25) is 0 Å². The van der Waals surface area contributed by atoms with E-state index in [1.54, 1.807) is 0 Å². The van der Waals surface area contributed by atoms with Crippen molar-refractivity contribution >= 4 is 25.7 Å². The van der Waals surface area contributed by atoms with Crippen molar-refractivity contribution in [2.24, 2.45) is 11.5 Å². The summed E-state index contributed by atoms with van der Waals surface area (Å²) in [4.78, 5) is 61.4. The molecule has 7 rings (SSSR count). The fourth-order valence-corrected chi connectivity index (χ4v) is 12.6. The van der Waals surface area contributed by atoms with Gasteiger partial charge in [-0.1, -0.05) is 0 Å². The Kier molecular flexibility index (Phi) is 28.1. The van der Waals surface area contributed by atoms with Gasteiger partial charge >= 0.3 is 25.7 Å². The van der Waals surface area contributed by atoms with Crippen LogP contribution in [0.3, 0.4) is 0 Å². The largest absolute Gasteiger partial charge is 0.477 e. The molecule has 0 spiro atoms. The third kappa shape index (κ3) is 17.4. The quantitative estimate of drug-likeness (QED) is 0.0309. The molecule has 31 N–H and O–H groups in total. The van der Waals surface area contributed by atoms with Gasteiger partial charge in [0.15, 0.2) is 25.2 Å². The minimum atomic E-state index is -5.85. The summed E-state index contributed by atoms with van der Waals surface area (Å²) < 4.78 is 91.1. The van der Waals surface area contributed by atoms with Gasteiger partial charge in [0.25, 0.3) is 17.4 Å². The summed E-state index contributed by atoms with van der Waals surface area (Å²) in [7, 11) is -5.85. The zero-order valence-corrected chi connectivity index (χ0v) is 51.6. The van der Waals surface area contributed by atoms with Crippen LogP contribution in [-0.2, 0) is 85.1 Å². The zero-order chi connectivity index (χ0) is 73.3. The predicted molar refractivity (Wildman–Crippen MR) is 292 cm³/mol. The molecular formula is C50H85N2O45P. The number of nitrogens with two attached hydrogens (primary N) is 2. The van der Waals surface area contributed by atoms with E-state index in [0.717, 1.165) is 0 Å². The second-order valence-corrected chi connectivity index (χ2v) is 25.4. The molecule has 0 aliphatic carbocycles. The molecule has 0 radical (unpaired) electrons. The first kappa shape index (κ1) is 82.3. The van der Waals surface area contributed by atoms with Crippen molar-refractivity contribution in [2.75, 3.05) is 46.2 Å². The Morgan fingerprint density at radius 3 is 1.43 bits per heavy atom. The van der Waals surface area contributed by atoms with Gasteiger partial charge in [-0.25, -0.2) is 18.9 Å². The Morgan fingerprint density at radius 1 is 0.439 bits per heavy atom. The molecule has 0 aromatic carbocycles. The third-order valence-corrected chi connectivity index (χ3v) is 18.0. The molecule has 98 heavy (non-hydrogen) atoms. The van der Waals surface area contributed by atoms with E-state index < -0.39 is 317 Å². The minimum Gasteiger partial charge on any atom is -0.477 e. The highest BCUT2D eigenvalue weighted by molar-refractivity contribution is 7.46. The molecule has 7 heterocycles. The van der Waals surface area contributed by atoms with Crippen LogP contribution in [0.4, 0.5) is 0 Å². The summed E-state index contributed by atoms with van der Waals surface area (Å²) in [5.41, 5.74) is 11.8. The van der Waals surface area contributed by atoms with Gasteiger partial charge in [0, 0.05) is 19.3 Å². The molecule has 0 saturated carbocycles. The number of hydrogen-bond donors (Lipinski definition) is 29. The van der Waals surface area contributed by atoms with E-state index >= 15 is 0 Å². The van der Waals surface area contributed by atoms with Gasteiger partial charge in [-0.05, 0) is 0 Å². The molecule has 0 bridgehead atoms. The lowest BCUT2D eigenvalue weighted by Gasteiger charge is -2.53. The van der Waals surface area contributed by atoms with Crippen LogP contribution in [0, 0.1) is 0 Å². The normalized spacial score (nSPS) is 46.7. The number of hydrogen-bond acceptors (Lipinski definition) is 42. The Balaban J connectivity index is 1.36. The molecule has 48 heteroatoms. The molecule has 37 atom stereocenters. The van der Waals surface area contributed by atoms with Crippen molar-refractivity contribution in [2.45, 2.75) is 245 Å². The van der Waals surface area contributed by atoms with E-state index in [0.29, 0.717) is 0 Å². The highest BCUT2D eigenvalue weighted by atomic mass is 31.2. The Morgan fingerprint density at radius 2 is 0.898 bits per heavy atom. The molecule has 7 aliphatic rings. The number of aliphatic hydroxyl groups is 22. The summed E-state index contributed by atoms with van der Waals surface area (Å²) in [6, 6.07) is -3.54. The molecule has 12 unspecified atom stereocenters. The highest BCUT2D eigenvalue weighted by Gasteiger charge is 2.66. The van der Waals surface area contributed by atoms with E-state index in [-0.39, 0.29) is 0 Å². The van der Waals surface area contributed by atoms with Crippen LogP contribution in [-0.4, -0.2) is 427 Å². The Labute approximate surface area is 549 Å². The first-order valence-electron chi connectivity index (χ1n) is 29.9. The van der Waals surface area contributed by atoms with E-state index in [1.165, 1.54) is 0 Å². The average Bonchev–Trinajstić information content (AvgIpc) is 0.738. The third-order valence-electron chi connectivity index (χ3n) is 17.5. The standard InChI is InChI=1S/C50H85N2O45P/c51-21-26(67)24(65)19(86-41(21)74)9-84-42-22(52)27(68)38(97-98(81,82)83)20(87-42)10-85-48(45(75)76)3-18(93-50(47(79)80)2-17(25(66)36(95-50)15(62)7-56)92-49(46(77)78)1-11(58)23(64)35(94-49)14(61)6-55)39(37(96-48)16(63)8-57)90-44-32(73)40(31(72)34(89-44)13(60)5-54)91-43-30(71)28(69)29(70)33(88-43)12(59)4-53/h11-44,53-74H,1-10,51-52H2,(H,75,76)(H,77,78)(H,79,80)(H2,81,82,83)/t11-,12?,13?,14-,15-,16-,17-,18-,19-,20-,21-,22-,23-,24-,25-,26-,27-,28?,29?,30?,31?,32?,33?,34?,35-,36-,37-,38-,39-,40?,41+,42-,43?,44?,48-,49-,50-/m1/s1. The summed E-state index contributed by atoms with van der Waals surface area (Å²) in [6.07, 6.45) is -80.8. The fraction of sp³-hybridized carbons (Fsp3) is 0.940. The van der Waals surface area contributed by atoms with Crippen LogP contribution in [0.15, 0.2) is 0 Å². The number of ether oxygens (including phenoxy) is 13. The van der Waals surface area contributed by atoms with Gasteiger partial charge in [-0.15, -0.1) is 0 Å². The summed E-state index contributed by atoms with van der Waals surface area (Å²) >= 11 is 0. The molecule has 0 amide bonds. The van der Waals surface area contributed by atoms with Crippen molar-refractivity contribution in [3.8, 4) is 0 Å². The van der Waals surface area contributed by atoms with Crippen LogP contribution >= 0.6 is 7.82 Å². The van der Waals surface area contributed by atoms with E-state index in [1.807, 2.05) is 0 Å². The monoisotopic (exact) mass is 1460 g/mol. The van der Waals surface area contributed by atoms with Crippen LogP contribution < -0.4 is 11.5 Å². The predicted octanol–water partition coefficient (Wildman–Crippen LogP) is -18.0. The van der Waals surface area contributed by atoms with E-state index in [9.17, 15) is 156 Å². The molecule has 7 aliphatic heterocycles. The molecule has 0 aromatic heterocycles. The lowest BCUT2D eigenvalue weighted by molar-refractivity contribution is -0.411. The summed E-state index contributed by atoms with van der Waals surface area (Å²) in [6.45, 7) is -9.50. The van der Waals surface area contributed by atoms with Crippen molar-refractivity contribution < 1.29 is 223 Å². The molecule has 570 valence electrons. The van der Waals surface area contributed by atoms with Crippen LogP contribution in [0.1, 0.15) is 19.3 Å². The van der Waals surface area contributed by atoms with Gasteiger partial charge < -0.3 is 210 Å². The first-order chi connectivity index (χ1) is 45.7. The van der Waals surface area contributed by atoms with Gasteiger partial charge in [-0.2, -0.15) is 0 Å². The van der Waals surface area contributed by atoms with Gasteiger partial charge in [0.2, 0.25) is 0 Å². The van der Waals surface area contributed by atoms with E-state index in [4.69, 9.17) is 77.6 Å². The molecule has 47 nitrogen and oxygen atoms in total. The van der Waals surface area contributed by atoms with E-state index in [2.05, 4.69) is 0 Å². The number of aliphatic hydroxyl groups excluding tert-OH is 22. The SMILES string of the molecule is N[C@@H]1[C@@H](O)[C@H](O)[C@@H](CO[C@@H]2O[C@H](CO[C@]3(C(=O)O)C[C@@H](O[C@]4(C(=O)O)C[C@@H](O[C@]5(C(=O)O)C[C@@H](O)[C@@H](O)[C@@H]([C@H](O)CO)O5)[C@@H](O)[C@@H]([C@H](O)CO)O4)[C@@H](OC4OC(C(O)CO)C(O)C(OC5OC(C(O)CO)C(O)C(O)C5O)C4O)[C@@H]([C@H](O)CO)O3)[C@@H](OP(=O)(O)O)[C@H](O)[C@H]2N)O[C@@H]1O. The average molecular weight is 1470 g/mol. The zero-order valence-electron chi connectivity index (χ0n) is 50.7. The number of carboxylic acid groups (broad SMARTS) is 3. The van der Waals surface area contributed by atoms with Gasteiger partial charge in [0.1, 0.15) is 153 Å². The van der Waals surface area contributed by atoms with Gasteiger partial charge in [-0.3, -0.25) is 4.52 Å². The van der Waals surface area contributed by atoms with Crippen molar-refractivity contribution in [1.82, 2.24) is 0 Å². The topological polar surface area (TPSA) is 796 Å². The number of aliphatic carboxylic acids is 3. The van der Waals surface area contributed by atoms with Crippen LogP contribution in [0.5, 0.6) is 0 Å². The van der Waals surface area contributed by atoms with Crippen molar-refractivity contribution in [3.05, 3.63) is 0 Å². The number of carbonyl (C=O) groups is 3. The number of phosphoric acid groups is 1. The lowest BCUT2D eigenvalue weighted by Crippen LogP contribution is -2.71. The summed E-state index contributed by atoms with van der Waals surface area (Å²) in [5, 5.41) is 271. The second-order valence-electron chi connectivity index (χ2n) is 24.2. The maximum absolute atomic E-state index is 14.1. The minimum absolute atomic E-state index is 0.937. The van der Waals surface area contributed by atoms with Gasteiger partial charge in [0.05, 0.1) is 76.6 Å². The maximum Gasteiger partial charge on any atom is 0.470 e. The van der Waals surface area contributed by atoms with Crippen molar-refractivity contribution in [1.29, 1.82) is 0 Å². The second kappa shape index (κ2) is 33.4. The maximum atomic E-state index is 14.1. The molecule has 7 saturated heterocycles. The van der Waals surface area contributed by atoms with Crippen molar-refractivity contribution in [3.63, 3.8) is 0 Å². The smallest absolute Gasteiger partial charge is 0.470 e. The first-order valence-corrected chi connectivity index (χ1v) is 31.4. The summed E-state index contributed by atoms with van der Waals surface area (Å²) in [5.74, 6) is -18.3. The fourth-order valence-electron chi connectivity index (χ4n) is 12.0. The Bertz CT molecular complexity index is 2650. The lowest BCUT2D eigenvalue weighted by atomic mass is 9.88. The molecule has 0 aromatic rings. The molecule has 7 fully saturated rings. The molecular weight excluding hydrogens is 1380 g/mol. The highest BCUT2D eigenvalue weighted by Crippen LogP contribution is 2.47. The Hall–Kier alpha value is -2.96. The van der Waals surface area contributed by atoms with Crippen LogP contribution in [0.25, 0.3) is 0 Å². The number of carboxylic acids is 3. The number of phosphoric ester groups is 1. The number of rotatable bonds is 29.